The van der Waals surface area contributed by atoms with Gasteiger partial charge in [-0.15, -0.1) is 0 Å². The van der Waals surface area contributed by atoms with Crippen LogP contribution in [0.1, 0.15) is 70.2 Å². The van der Waals surface area contributed by atoms with Crippen molar-refractivity contribution in [1.82, 2.24) is 5.43 Å². The first-order chi connectivity index (χ1) is 19.0. The summed E-state index contributed by atoms with van der Waals surface area (Å²) in [7, 11) is -2.78. The normalized spacial score (nSPS) is 12.4. The van der Waals surface area contributed by atoms with Gasteiger partial charge < -0.3 is 14.0 Å². The fourth-order valence-electron chi connectivity index (χ4n) is 4.11. The Labute approximate surface area is 247 Å². The van der Waals surface area contributed by atoms with Crippen LogP contribution in [0, 0.1) is 0 Å². The first kappa shape index (κ1) is 32.0. The van der Waals surface area contributed by atoms with E-state index in [1.165, 1.54) is 37.6 Å². The highest BCUT2D eigenvalue weighted by Crippen LogP contribution is 2.40. The van der Waals surface area contributed by atoms with E-state index in [2.05, 4.69) is 10.5 Å². The topological polar surface area (TPSA) is 114 Å². The number of nitrogens with zero attached hydrogens (tertiary/aromatic N) is 1. The second kappa shape index (κ2) is 12.5. The summed E-state index contributed by atoms with van der Waals surface area (Å²) in [6.45, 7) is 12.3. The molecule has 3 aromatic carbocycles. The molecule has 0 saturated heterocycles. The zero-order valence-corrected chi connectivity index (χ0v) is 26.0. The fourth-order valence-corrected chi connectivity index (χ4v) is 5.40. The molecule has 0 unspecified atom stereocenters. The maximum Gasteiger partial charge on any atom is 0.339 e. The number of carbonyl (C=O) groups is 1. The summed E-state index contributed by atoms with van der Waals surface area (Å²) < 4.78 is 35.9. The van der Waals surface area contributed by atoms with E-state index in [4.69, 9.17) is 20.5 Å². The van der Waals surface area contributed by atoms with Crippen molar-refractivity contribution >= 4 is 33.8 Å². The molecule has 1 amide bonds. The minimum absolute atomic E-state index is 0.00623. The number of ether oxygens (including phenoxy) is 1. The first-order valence-corrected chi connectivity index (χ1v) is 14.9. The number of hydrogen-bond acceptors (Lipinski definition) is 7. The molecule has 0 radical (unpaired) electrons. The largest absolute Gasteiger partial charge is 0.507 e. The Bertz CT molecular complexity index is 1500. The highest BCUT2D eigenvalue weighted by atomic mass is 35.5. The minimum atomic E-state index is -4.13. The molecule has 0 aliphatic heterocycles. The number of hydrogen-bond donors (Lipinski definition) is 2. The van der Waals surface area contributed by atoms with Crippen LogP contribution in [0.25, 0.3) is 0 Å². The van der Waals surface area contributed by atoms with Gasteiger partial charge in [0.25, 0.3) is 0 Å². The summed E-state index contributed by atoms with van der Waals surface area (Å²) in [5.74, 6) is -0.0688. The summed E-state index contributed by atoms with van der Waals surface area (Å²) in [5.41, 5.74) is 5.07. The lowest BCUT2D eigenvalue weighted by Crippen LogP contribution is -2.20. The van der Waals surface area contributed by atoms with Crippen molar-refractivity contribution in [2.45, 2.75) is 70.1 Å². The quantitative estimate of drug-likeness (QED) is 0.165. The van der Waals surface area contributed by atoms with Crippen LogP contribution >= 0.6 is 11.6 Å². The Morgan fingerprint density at radius 3 is 2.12 bits per heavy atom. The van der Waals surface area contributed by atoms with Gasteiger partial charge in [0.1, 0.15) is 10.6 Å². The van der Waals surface area contributed by atoms with Crippen LogP contribution in [0.15, 0.2) is 64.6 Å². The highest BCUT2D eigenvalue weighted by molar-refractivity contribution is 7.87. The van der Waals surface area contributed by atoms with Crippen LogP contribution < -0.4 is 14.3 Å². The lowest BCUT2D eigenvalue weighted by molar-refractivity contribution is -0.121. The molecule has 0 aliphatic rings. The number of amides is 1. The molecule has 2 N–H and O–H groups in total. The SMILES string of the molecule is COc1cc(/C=N\NC(=O)CCc2cc(C(C)(C)C)c(O)c(C(C)(C)C)c2)cc(Cl)c1OS(=O)(=O)c1ccccc1. The Morgan fingerprint density at radius 1 is 1.00 bits per heavy atom. The van der Waals surface area contributed by atoms with Gasteiger partial charge in [-0.25, -0.2) is 5.43 Å². The van der Waals surface area contributed by atoms with E-state index < -0.39 is 10.1 Å². The van der Waals surface area contributed by atoms with Crippen molar-refractivity contribution < 1.29 is 27.2 Å². The van der Waals surface area contributed by atoms with Crippen molar-refractivity contribution in [3.8, 4) is 17.2 Å². The van der Waals surface area contributed by atoms with Crippen LogP contribution in [0.2, 0.25) is 5.02 Å². The second-order valence-electron chi connectivity index (χ2n) is 11.7. The van der Waals surface area contributed by atoms with Gasteiger partial charge in [-0.2, -0.15) is 13.5 Å². The van der Waals surface area contributed by atoms with E-state index >= 15 is 0 Å². The molecule has 0 spiro atoms. The van der Waals surface area contributed by atoms with Crippen molar-refractivity contribution in [3.63, 3.8) is 0 Å². The molecule has 0 aliphatic carbocycles. The predicted octanol–water partition coefficient (Wildman–Crippen LogP) is 6.50. The van der Waals surface area contributed by atoms with E-state index in [0.717, 1.165) is 16.7 Å². The van der Waals surface area contributed by atoms with Crippen LogP contribution in [0.5, 0.6) is 17.2 Å². The summed E-state index contributed by atoms with van der Waals surface area (Å²) >= 11 is 6.33. The smallest absolute Gasteiger partial charge is 0.339 e. The number of aryl methyl sites for hydroxylation is 1. The highest BCUT2D eigenvalue weighted by Gasteiger charge is 2.27. The number of rotatable bonds is 9. The van der Waals surface area contributed by atoms with Gasteiger partial charge in [-0.1, -0.05) is 83.5 Å². The Kier molecular flexibility index (Phi) is 9.77. The number of nitrogens with one attached hydrogen (secondary N) is 1. The maximum atomic E-state index is 12.6. The van der Waals surface area contributed by atoms with Crippen LogP contribution in [0.4, 0.5) is 0 Å². The van der Waals surface area contributed by atoms with E-state index in [9.17, 15) is 18.3 Å². The maximum absolute atomic E-state index is 12.6. The average molecular weight is 601 g/mol. The molecule has 0 aromatic heterocycles. The standard InChI is InChI=1S/C31H37ClN2O6S/c1-30(2,3)23-15-20(16-24(28(23)36)31(4,5)6)13-14-27(35)34-33-19-21-17-25(32)29(26(18-21)39-7)40-41(37,38)22-11-9-8-10-12-22/h8-12,15-19,36H,13-14H2,1-7H3,(H,34,35)/b33-19-. The third-order valence-corrected chi connectivity index (χ3v) is 7.82. The number of phenolic OH excluding ortho intramolecular Hbond substituents is 1. The predicted molar refractivity (Wildman–Crippen MR) is 162 cm³/mol. The van der Waals surface area contributed by atoms with Crippen LogP contribution in [0.3, 0.4) is 0 Å². The summed E-state index contributed by atoms with van der Waals surface area (Å²) in [4.78, 5) is 12.5. The first-order valence-electron chi connectivity index (χ1n) is 13.1. The van der Waals surface area contributed by atoms with Crippen molar-refractivity contribution in [2.75, 3.05) is 7.11 Å². The molecule has 3 aromatic rings. The Morgan fingerprint density at radius 2 is 1.59 bits per heavy atom. The lowest BCUT2D eigenvalue weighted by atomic mass is 9.78. The van der Waals surface area contributed by atoms with E-state index in [1.54, 1.807) is 18.2 Å². The molecule has 10 heteroatoms. The number of hydrazone groups is 1. The number of aromatic hydroxyl groups is 1. The summed E-state index contributed by atoms with van der Waals surface area (Å²) in [6, 6.07) is 14.5. The van der Waals surface area contributed by atoms with Crippen LogP contribution in [-0.2, 0) is 32.2 Å². The molecule has 0 bridgehead atoms. The van der Waals surface area contributed by atoms with Crippen LogP contribution in [-0.4, -0.2) is 32.8 Å². The number of phenols is 1. The zero-order valence-electron chi connectivity index (χ0n) is 24.4. The van der Waals surface area contributed by atoms with Gasteiger partial charge in [0, 0.05) is 6.42 Å². The van der Waals surface area contributed by atoms with E-state index in [0.29, 0.717) is 17.7 Å². The van der Waals surface area contributed by atoms with Crippen molar-refractivity contribution in [3.05, 3.63) is 81.9 Å². The minimum Gasteiger partial charge on any atom is -0.507 e. The van der Waals surface area contributed by atoms with E-state index in [1.807, 2.05) is 53.7 Å². The van der Waals surface area contributed by atoms with Gasteiger partial charge in [0.2, 0.25) is 11.7 Å². The molecule has 0 fully saturated rings. The average Bonchev–Trinajstić information content (AvgIpc) is 2.88. The molecule has 8 nitrogen and oxygen atoms in total. The molecular formula is C31H37ClN2O6S. The molecule has 3 rings (SSSR count). The van der Waals surface area contributed by atoms with Gasteiger partial charge in [-0.3, -0.25) is 4.79 Å². The molecule has 41 heavy (non-hydrogen) atoms. The molecular weight excluding hydrogens is 564 g/mol. The van der Waals surface area contributed by atoms with Gasteiger partial charge in [0.15, 0.2) is 5.75 Å². The molecule has 220 valence electrons. The van der Waals surface area contributed by atoms with Gasteiger partial charge in [-0.05, 0) is 63.8 Å². The number of methoxy groups -OCH3 is 1. The number of carbonyl (C=O) groups excluding carboxylic acids is 1. The monoisotopic (exact) mass is 600 g/mol. The van der Waals surface area contributed by atoms with Crippen molar-refractivity contribution in [2.24, 2.45) is 5.10 Å². The van der Waals surface area contributed by atoms with E-state index in [-0.39, 0.29) is 44.6 Å². The third-order valence-electron chi connectivity index (χ3n) is 6.31. The number of halogens is 1. The zero-order chi connectivity index (χ0) is 30.6. The Hall–Kier alpha value is -3.56. The number of benzene rings is 3. The van der Waals surface area contributed by atoms with Gasteiger partial charge in [0.05, 0.1) is 18.3 Å². The summed E-state index contributed by atoms with van der Waals surface area (Å²) in [5, 5.41) is 14.9. The Balaban J connectivity index is 1.71. The summed E-state index contributed by atoms with van der Waals surface area (Å²) in [6.07, 6.45) is 2.02. The van der Waals surface area contributed by atoms with Crippen molar-refractivity contribution in [1.29, 1.82) is 0 Å². The molecule has 0 heterocycles. The lowest BCUT2D eigenvalue weighted by Gasteiger charge is -2.28. The fraction of sp³-hybridized carbons (Fsp3) is 0.355. The van der Waals surface area contributed by atoms with Gasteiger partial charge >= 0.3 is 10.1 Å². The second-order valence-corrected chi connectivity index (χ2v) is 13.7. The molecule has 0 atom stereocenters. The molecule has 0 saturated carbocycles. The third kappa shape index (κ3) is 8.24.